The Hall–Kier alpha value is -1.88. The summed E-state index contributed by atoms with van der Waals surface area (Å²) in [6.07, 6.45) is 4.72. The summed E-state index contributed by atoms with van der Waals surface area (Å²) in [5.41, 5.74) is 4.47. The number of pyridine rings is 1. The molecule has 5 heterocycles. The van der Waals surface area contributed by atoms with Crippen LogP contribution in [-0.4, -0.2) is 39.5 Å². The highest BCUT2D eigenvalue weighted by Crippen LogP contribution is 2.30. The highest BCUT2D eigenvalue weighted by Gasteiger charge is 2.34. The van der Waals surface area contributed by atoms with Crippen LogP contribution in [0.25, 0.3) is 16.9 Å². The molecule has 26 heavy (non-hydrogen) atoms. The van der Waals surface area contributed by atoms with E-state index in [-0.39, 0.29) is 7.43 Å². The molecule has 1 aromatic carbocycles. The van der Waals surface area contributed by atoms with E-state index < -0.39 is 0 Å². The molecule has 3 aliphatic heterocycles. The molecule has 0 amide bonds. The number of nitrogens with one attached hydrogen (secondary N) is 1. The van der Waals surface area contributed by atoms with Crippen molar-refractivity contribution in [2.24, 2.45) is 0 Å². The summed E-state index contributed by atoms with van der Waals surface area (Å²) in [5.74, 6) is 0. The second-order valence-electron chi connectivity index (χ2n) is 7.11. The van der Waals surface area contributed by atoms with Gasteiger partial charge in [0.05, 0.1) is 11.4 Å². The van der Waals surface area contributed by atoms with Crippen LogP contribution in [0.4, 0.5) is 0 Å². The minimum atomic E-state index is 0. The monoisotopic (exact) mass is 368 g/mol. The number of hydrogen-bond donors (Lipinski definition) is 1. The van der Waals surface area contributed by atoms with Gasteiger partial charge in [-0.1, -0.05) is 37.2 Å². The Kier molecular flexibility index (Phi) is 4.74. The second-order valence-corrected chi connectivity index (χ2v) is 7.55. The quantitative estimate of drug-likeness (QED) is 0.751. The van der Waals surface area contributed by atoms with Crippen molar-refractivity contribution in [1.29, 1.82) is 0 Å². The smallest absolute Gasteiger partial charge is 0.137 e. The minimum absolute atomic E-state index is 0. The lowest BCUT2D eigenvalue weighted by molar-refractivity contribution is 0.0674. The maximum Gasteiger partial charge on any atom is 0.137 e. The summed E-state index contributed by atoms with van der Waals surface area (Å²) in [7, 11) is 0. The fourth-order valence-corrected chi connectivity index (χ4v) is 4.35. The fraction of sp³-hybridized carbons (Fsp3) is 0.381. The van der Waals surface area contributed by atoms with Gasteiger partial charge < -0.3 is 9.72 Å². The summed E-state index contributed by atoms with van der Waals surface area (Å²) in [4.78, 5) is 7.54. The van der Waals surface area contributed by atoms with Gasteiger partial charge in [0.25, 0.3) is 0 Å². The van der Waals surface area contributed by atoms with Gasteiger partial charge in [-0.3, -0.25) is 4.90 Å². The Morgan fingerprint density at radius 2 is 1.96 bits per heavy atom. The molecular weight excluding hydrogens is 344 g/mol. The summed E-state index contributed by atoms with van der Waals surface area (Å²) in [6.45, 7) is 3.18. The molecule has 0 aliphatic carbocycles. The molecule has 3 fully saturated rings. The number of benzene rings is 1. The van der Waals surface area contributed by atoms with Crippen LogP contribution < -0.4 is 5.32 Å². The molecule has 3 aliphatic rings. The van der Waals surface area contributed by atoms with Gasteiger partial charge in [-0.05, 0) is 37.1 Å². The predicted molar refractivity (Wildman–Crippen MR) is 108 cm³/mol. The van der Waals surface area contributed by atoms with Crippen LogP contribution in [0.5, 0.6) is 0 Å². The average Bonchev–Trinajstić information content (AvgIpc) is 3.02. The average molecular weight is 369 g/mol. The first-order valence-corrected chi connectivity index (χ1v) is 9.35. The number of piperazine rings is 1. The standard InChI is InChI=1S/C20H21ClN4.CH4/c21-15-6-4-14(5-7-15)20-18(25-10-2-1-3-19(25)23-20)13-24-12-16-8-9-17(24)11-22-16;/h1-7,10,16-17,22H,8-9,11-13H2;1H4. The van der Waals surface area contributed by atoms with Crippen molar-refractivity contribution < 1.29 is 0 Å². The van der Waals surface area contributed by atoms with Crippen LogP contribution in [0.3, 0.4) is 0 Å². The highest BCUT2D eigenvalue weighted by atomic mass is 35.5. The highest BCUT2D eigenvalue weighted by molar-refractivity contribution is 6.30. The maximum absolute atomic E-state index is 6.08. The van der Waals surface area contributed by atoms with Crippen LogP contribution >= 0.6 is 11.6 Å². The lowest BCUT2D eigenvalue weighted by atomic mass is 9.93. The normalized spacial score (nSPS) is 22.5. The summed E-state index contributed by atoms with van der Waals surface area (Å²) in [5, 5.41) is 4.40. The lowest BCUT2D eigenvalue weighted by Crippen LogP contribution is -2.60. The lowest BCUT2D eigenvalue weighted by Gasteiger charge is -2.46. The summed E-state index contributed by atoms with van der Waals surface area (Å²) in [6, 6.07) is 15.5. The zero-order valence-electron chi connectivity index (χ0n) is 14.0. The molecule has 3 aromatic rings. The van der Waals surface area contributed by atoms with Gasteiger partial charge in [0.15, 0.2) is 0 Å². The van der Waals surface area contributed by atoms with Crippen LogP contribution in [0.15, 0.2) is 48.7 Å². The molecule has 4 nitrogen and oxygen atoms in total. The Labute approximate surface area is 159 Å². The molecule has 0 radical (unpaired) electrons. The molecule has 136 valence electrons. The number of piperidine rings is 2. The van der Waals surface area contributed by atoms with E-state index >= 15 is 0 Å². The van der Waals surface area contributed by atoms with Gasteiger partial charge >= 0.3 is 0 Å². The number of imidazole rings is 1. The van der Waals surface area contributed by atoms with Crippen molar-refractivity contribution in [1.82, 2.24) is 19.6 Å². The Morgan fingerprint density at radius 1 is 1.12 bits per heavy atom. The number of nitrogens with zero attached hydrogens (tertiary/aromatic N) is 3. The molecular formula is C21H25ClN4. The van der Waals surface area contributed by atoms with E-state index in [2.05, 4.69) is 45.1 Å². The largest absolute Gasteiger partial charge is 0.311 e. The number of aromatic nitrogens is 2. The van der Waals surface area contributed by atoms with Crippen LogP contribution in [-0.2, 0) is 6.54 Å². The van der Waals surface area contributed by atoms with Crippen LogP contribution in [0.2, 0.25) is 5.02 Å². The van der Waals surface area contributed by atoms with Crippen LogP contribution in [0.1, 0.15) is 26.0 Å². The topological polar surface area (TPSA) is 32.6 Å². The van der Waals surface area contributed by atoms with E-state index in [1.807, 2.05) is 18.2 Å². The minimum Gasteiger partial charge on any atom is -0.311 e. The molecule has 3 saturated heterocycles. The van der Waals surface area contributed by atoms with E-state index in [1.54, 1.807) is 0 Å². The van der Waals surface area contributed by atoms with Crippen molar-refractivity contribution in [3.8, 4) is 11.3 Å². The molecule has 2 atom stereocenters. The number of halogens is 1. The third kappa shape index (κ3) is 3.02. The van der Waals surface area contributed by atoms with Crippen LogP contribution in [0, 0.1) is 0 Å². The van der Waals surface area contributed by atoms with Gasteiger partial charge in [-0.2, -0.15) is 0 Å². The Balaban J connectivity index is 0.00000168. The van der Waals surface area contributed by atoms with Crippen molar-refractivity contribution in [3.05, 3.63) is 59.4 Å². The van der Waals surface area contributed by atoms with E-state index in [0.717, 1.165) is 41.6 Å². The summed E-state index contributed by atoms with van der Waals surface area (Å²) < 4.78 is 2.24. The van der Waals surface area contributed by atoms with E-state index in [1.165, 1.54) is 18.5 Å². The van der Waals surface area contributed by atoms with Crippen molar-refractivity contribution in [3.63, 3.8) is 0 Å². The molecule has 5 heteroatoms. The number of rotatable bonds is 3. The molecule has 6 rings (SSSR count). The first-order chi connectivity index (χ1) is 12.3. The van der Waals surface area contributed by atoms with Gasteiger partial charge in [0, 0.05) is 48.5 Å². The number of hydrogen-bond acceptors (Lipinski definition) is 3. The first kappa shape index (κ1) is 17.5. The fourth-order valence-electron chi connectivity index (χ4n) is 4.22. The third-order valence-electron chi connectivity index (χ3n) is 5.56. The van der Waals surface area contributed by atoms with E-state index in [0.29, 0.717) is 12.1 Å². The van der Waals surface area contributed by atoms with Gasteiger partial charge in [0.1, 0.15) is 5.65 Å². The predicted octanol–water partition coefficient (Wildman–Crippen LogP) is 4.23. The molecule has 2 bridgehead atoms. The molecule has 0 saturated carbocycles. The molecule has 2 unspecified atom stereocenters. The first-order valence-electron chi connectivity index (χ1n) is 8.97. The maximum atomic E-state index is 6.08. The Bertz CT molecular complexity index is 894. The summed E-state index contributed by atoms with van der Waals surface area (Å²) >= 11 is 6.08. The third-order valence-corrected chi connectivity index (χ3v) is 5.81. The Morgan fingerprint density at radius 3 is 2.65 bits per heavy atom. The molecule has 0 spiro atoms. The van der Waals surface area contributed by atoms with E-state index in [9.17, 15) is 0 Å². The second kappa shape index (κ2) is 7.03. The zero-order chi connectivity index (χ0) is 16.8. The van der Waals surface area contributed by atoms with Crippen molar-refractivity contribution >= 4 is 17.2 Å². The number of fused-ring (bicyclic) bond motifs is 4. The van der Waals surface area contributed by atoms with Gasteiger partial charge in [-0.15, -0.1) is 0 Å². The van der Waals surface area contributed by atoms with Crippen molar-refractivity contribution in [2.75, 3.05) is 13.1 Å². The van der Waals surface area contributed by atoms with E-state index in [4.69, 9.17) is 16.6 Å². The van der Waals surface area contributed by atoms with Gasteiger partial charge in [-0.25, -0.2) is 4.98 Å². The van der Waals surface area contributed by atoms with Crippen molar-refractivity contribution in [2.45, 2.75) is 38.9 Å². The zero-order valence-corrected chi connectivity index (χ0v) is 14.8. The molecule has 2 aromatic heterocycles. The molecule has 1 N–H and O–H groups in total. The SMILES string of the molecule is C.Clc1ccc(-c2nc3ccccn3c2CN2CC3CCC2CN3)cc1. The van der Waals surface area contributed by atoms with Gasteiger partial charge in [0.2, 0.25) is 0 Å².